The van der Waals surface area contributed by atoms with Gasteiger partial charge in [0.1, 0.15) is 0 Å². The van der Waals surface area contributed by atoms with Gasteiger partial charge in [-0.3, -0.25) is 0 Å². The summed E-state index contributed by atoms with van der Waals surface area (Å²) in [5, 5.41) is 0. The van der Waals surface area contributed by atoms with Gasteiger partial charge in [0.2, 0.25) is 0 Å². The first-order valence-electron chi connectivity index (χ1n) is 4.09. The largest absolute Gasteiger partial charge is 0.0651 e. The van der Waals surface area contributed by atoms with Gasteiger partial charge in [-0.15, -0.1) is 0 Å². The van der Waals surface area contributed by atoms with Crippen LogP contribution in [0.3, 0.4) is 0 Å². The highest BCUT2D eigenvalue weighted by molar-refractivity contribution is 4.61. The summed E-state index contributed by atoms with van der Waals surface area (Å²) in [6, 6.07) is 0. The lowest BCUT2D eigenvalue weighted by atomic mass is 10.1. The van der Waals surface area contributed by atoms with E-state index in [4.69, 9.17) is 0 Å². The molecule has 55 valence electrons. The first-order valence-corrected chi connectivity index (χ1v) is 4.09. The van der Waals surface area contributed by atoms with Crippen molar-refractivity contribution in [1.29, 1.82) is 0 Å². The maximum Gasteiger partial charge on any atom is -0.0389 e. The minimum atomic E-state index is 0.884. The Labute approximate surface area is 59.7 Å². The fourth-order valence-electron chi connectivity index (χ4n) is 0.875. The van der Waals surface area contributed by atoms with Crippen LogP contribution in [0.5, 0.6) is 0 Å². The van der Waals surface area contributed by atoms with Gasteiger partial charge in [0, 0.05) is 0 Å². The molecule has 0 nitrogen and oxygen atoms in total. The molecule has 0 aliphatic carbocycles. The smallest absolute Gasteiger partial charge is 0.0389 e. The van der Waals surface area contributed by atoms with Crippen molar-refractivity contribution in [3.8, 4) is 0 Å². The van der Waals surface area contributed by atoms with Gasteiger partial charge in [-0.2, -0.15) is 0 Å². The first kappa shape index (κ1) is 9.00. The summed E-state index contributed by atoms with van der Waals surface area (Å²) in [6.07, 6.45) is 7.68. The van der Waals surface area contributed by atoms with Crippen LogP contribution in [0, 0.1) is 12.3 Å². The highest BCUT2D eigenvalue weighted by Crippen LogP contribution is 2.07. The SMILES string of the molecule is CC[CH]CCCC(C)C. The molecular formula is C9H19. The Kier molecular flexibility index (Phi) is 6.12. The van der Waals surface area contributed by atoms with Crippen molar-refractivity contribution in [1.82, 2.24) is 0 Å². The standard InChI is InChI=1S/C9H19/c1-4-5-6-7-8-9(2)3/h5,9H,4,6-8H2,1-3H3. The van der Waals surface area contributed by atoms with Crippen molar-refractivity contribution in [2.45, 2.75) is 46.5 Å². The Balaban J connectivity index is 2.75. The first-order chi connectivity index (χ1) is 4.27. The van der Waals surface area contributed by atoms with Gasteiger partial charge in [0.05, 0.1) is 0 Å². The van der Waals surface area contributed by atoms with Crippen molar-refractivity contribution in [3.05, 3.63) is 6.42 Å². The third kappa shape index (κ3) is 8.00. The van der Waals surface area contributed by atoms with Crippen LogP contribution in [-0.2, 0) is 0 Å². The topological polar surface area (TPSA) is 0 Å². The van der Waals surface area contributed by atoms with E-state index in [1.54, 1.807) is 0 Å². The van der Waals surface area contributed by atoms with Crippen LogP contribution in [0.15, 0.2) is 0 Å². The molecule has 0 rings (SSSR count). The molecule has 0 aromatic carbocycles. The summed E-state index contributed by atoms with van der Waals surface area (Å²) in [7, 11) is 0. The van der Waals surface area contributed by atoms with E-state index in [9.17, 15) is 0 Å². The average molecular weight is 127 g/mol. The van der Waals surface area contributed by atoms with E-state index < -0.39 is 0 Å². The van der Waals surface area contributed by atoms with Crippen molar-refractivity contribution >= 4 is 0 Å². The third-order valence-electron chi connectivity index (χ3n) is 1.48. The van der Waals surface area contributed by atoms with Crippen LogP contribution in [-0.4, -0.2) is 0 Å². The molecule has 0 saturated heterocycles. The van der Waals surface area contributed by atoms with E-state index in [1.807, 2.05) is 0 Å². The molecule has 1 radical (unpaired) electrons. The molecule has 9 heavy (non-hydrogen) atoms. The van der Waals surface area contributed by atoms with Gasteiger partial charge in [-0.05, 0) is 12.3 Å². The Morgan fingerprint density at radius 1 is 1.33 bits per heavy atom. The minimum absolute atomic E-state index is 0.884. The zero-order chi connectivity index (χ0) is 7.11. The molecular weight excluding hydrogens is 108 g/mol. The van der Waals surface area contributed by atoms with Crippen LogP contribution >= 0.6 is 0 Å². The van der Waals surface area contributed by atoms with Crippen LogP contribution in [0.1, 0.15) is 46.5 Å². The molecule has 0 spiro atoms. The zero-order valence-electron chi connectivity index (χ0n) is 6.98. The summed E-state index contributed by atoms with van der Waals surface area (Å²) < 4.78 is 0. The van der Waals surface area contributed by atoms with Crippen LogP contribution in [0.2, 0.25) is 0 Å². The normalized spacial score (nSPS) is 10.7. The van der Waals surface area contributed by atoms with Crippen LogP contribution in [0.4, 0.5) is 0 Å². The summed E-state index contributed by atoms with van der Waals surface area (Å²) in [5.74, 6) is 0.884. The molecule has 0 aliphatic heterocycles. The highest BCUT2D eigenvalue weighted by Gasteiger charge is 1.92. The molecule has 0 aromatic rings. The molecule has 0 aliphatic rings. The van der Waals surface area contributed by atoms with Crippen molar-refractivity contribution in [2.75, 3.05) is 0 Å². The quantitative estimate of drug-likeness (QED) is 0.496. The fourth-order valence-corrected chi connectivity index (χ4v) is 0.875. The second-order valence-corrected chi connectivity index (χ2v) is 3.02. The molecule has 0 atom stereocenters. The highest BCUT2D eigenvalue weighted by atomic mass is 14.0. The van der Waals surface area contributed by atoms with E-state index >= 15 is 0 Å². The molecule has 0 heteroatoms. The summed E-state index contributed by atoms with van der Waals surface area (Å²) >= 11 is 0. The van der Waals surface area contributed by atoms with Crippen LogP contribution < -0.4 is 0 Å². The number of unbranched alkanes of at least 4 members (excludes halogenated alkanes) is 3. The molecule has 0 aromatic heterocycles. The minimum Gasteiger partial charge on any atom is -0.0651 e. The van der Waals surface area contributed by atoms with E-state index in [0.717, 1.165) is 5.92 Å². The molecule has 0 unspecified atom stereocenters. The van der Waals surface area contributed by atoms with Gasteiger partial charge in [-0.25, -0.2) is 0 Å². The van der Waals surface area contributed by atoms with Crippen molar-refractivity contribution in [3.63, 3.8) is 0 Å². The van der Waals surface area contributed by atoms with E-state index in [-0.39, 0.29) is 0 Å². The van der Waals surface area contributed by atoms with Gasteiger partial charge in [-0.1, -0.05) is 46.5 Å². The predicted octanol–water partition coefficient (Wildman–Crippen LogP) is 3.43. The molecule has 0 fully saturated rings. The van der Waals surface area contributed by atoms with Gasteiger partial charge >= 0.3 is 0 Å². The van der Waals surface area contributed by atoms with Gasteiger partial charge in [0.25, 0.3) is 0 Å². The maximum absolute atomic E-state index is 2.36. The van der Waals surface area contributed by atoms with Gasteiger partial charge < -0.3 is 0 Å². The molecule has 0 bridgehead atoms. The van der Waals surface area contributed by atoms with Crippen molar-refractivity contribution in [2.24, 2.45) is 5.92 Å². The lowest BCUT2D eigenvalue weighted by Gasteiger charge is -2.01. The second-order valence-electron chi connectivity index (χ2n) is 3.02. The fraction of sp³-hybridized carbons (Fsp3) is 0.889. The Hall–Kier alpha value is 0. The third-order valence-corrected chi connectivity index (χ3v) is 1.48. The second kappa shape index (κ2) is 6.12. The predicted molar refractivity (Wildman–Crippen MR) is 43.3 cm³/mol. The van der Waals surface area contributed by atoms with Crippen LogP contribution in [0.25, 0.3) is 0 Å². The number of rotatable bonds is 5. The Bertz CT molecular complexity index is 46.0. The lowest BCUT2D eigenvalue weighted by molar-refractivity contribution is 0.551. The molecule has 0 N–H and O–H groups in total. The monoisotopic (exact) mass is 127 g/mol. The maximum atomic E-state index is 2.36. The molecule has 0 saturated carbocycles. The molecule has 0 heterocycles. The summed E-state index contributed by atoms with van der Waals surface area (Å²) in [4.78, 5) is 0. The lowest BCUT2D eigenvalue weighted by Crippen LogP contribution is -1.86. The Morgan fingerprint density at radius 2 is 2.00 bits per heavy atom. The van der Waals surface area contributed by atoms with Crippen molar-refractivity contribution < 1.29 is 0 Å². The summed E-state index contributed by atoms with van der Waals surface area (Å²) in [5.41, 5.74) is 0. The average Bonchev–Trinajstić information content (AvgIpc) is 1.80. The van der Waals surface area contributed by atoms with E-state index in [1.165, 1.54) is 25.7 Å². The van der Waals surface area contributed by atoms with E-state index in [0.29, 0.717) is 0 Å². The van der Waals surface area contributed by atoms with Gasteiger partial charge in [0.15, 0.2) is 0 Å². The molecule has 0 amide bonds. The zero-order valence-corrected chi connectivity index (χ0v) is 6.98. The summed E-state index contributed by atoms with van der Waals surface area (Å²) in [6.45, 7) is 6.77. The Morgan fingerprint density at radius 3 is 2.44 bits per heavy atom. The van der Waals surface area contributed by atoms with E-state index in [2.05, 4.69) is 27.2 Å². The number of hydrogen-bond donors (Lipinski definition) is 0. The number of hydrogen-bond acceptors (Lipinski definition) is 0.